The quantitative estimate of drug-likeness (QED) is 0.692. The lowest BCUT2D eigenvalue weighted by Gasteiger charge is -2.36. The van der Waals surface area contributed by atoms with E-state index in [0.717, 1.165) is 39.0 Å². The van der Waals surface area contributed by atoms with Gasteiger partial charge in [-0.2, -0.15) is 0 Å². The van der Waals surface area contributed by atoms with Crippen LogP contribution >= 0.6 is 15.9 Å². The number of carbonyl (C=O) groups excluding carboxylic acids is 1. The molecule has 2 saturated heterocycles. The Kier molecular flexibility index (Phi) is 4.25. The molecule has 0 radical (unpaired) electrons. The number of ether oxygens (including phenoxy) is 1. The van der Waals surface area contributed by atoms with E-state index in [4.69, 9.17) is 4.74 Å². The Morgan fingerprint density at radius 1 is 1.44 bits per heavy atom. The fourth-order valence-corrected chi connectivity index (χ4v) is 3.03. The van der Waals surface area contributed by atoms with Crippen LogP contribution in [0.15, 0.2) is 0 Å². The van der Waals surface area contributed by atoms with Crippen LogP contribution in [0.2, 0.25) is 0 Å². The Hall–Kier alpha value is -0.0900. The molecule has 16 heavy (non-hydrogen) atoms. The molecule has 0 aromatic carbocycles. The monoisotopic (exact) mass is 289 g/mol. The van der Waals surface area contributed by atoms with Crippen molar-refractivity contribution in [2.24, 2.45) is 11.8 Å². The van der Waals surface area contributed by atoms with Gasteiger partial charge in [0.15, 0.2) is 0 Å². The summed E-state index contributed by atoms with van der Waals surface area (Å²) >= 11 is 3.66. The predicted molar refractivity (Wildman–Crippen MR) is 66.6 cm³/mol. The van der Waals surface area contributed by atoms with Crippen LogP contribution < -0.4 is 0 Å². The lowest BCUT2D eigenvalue weighted by Crippen LogP contribution is -2.47. The summed E-state index contributed by atoms with van der Waals surface area (Å²) in [4.78, 5) is 14.7. The maximum atomic E-state index is 12.2. The first-order chi connectivity index (χ1) is 7.68. The lowest BCUT2D eigenvalue weighted by molar-refractivity contribution is -0.140. The number of hydrogen-bond donors (Lipinski definition) is 0. The van der Waals surface area contributed by atoms with Gasteiger partial charge in [0.05, 0.1) is 12.5 Å². The van der Waals surface area contributed by atoms with Crippen LogP contribution in [0.4, 0.5) is 0 Å². The van der Waals surface area contributed by atoms with Gasteiger partial charge in [0.25, 0.3) is 0 Å². The molecule has 3 unspecified atom stereocenters. The van der Waals surface area contributed by atoms with E-state index in [1.807, 2.05) is 4.90 Å². The molecule has 0 saturated carbocycles. The normalized spacial score (nSPS) is 36.1. The van der Waals surface area contributed by atoms with Crippen molar-refractivity contribution >= 4 is 21.8 Å². The fraction of sp³-hybridized carbons (Fsp3) is 0.917. The molecule has 0 aromatic rings. The van der Waals surface area contributed by atoms with Crippen molar-refractivity contribution in [3.8, 4) is 0 Å². The zero-order valence-corrected chi connectivity index (χ0v) is 11.4. The van der Waals surface area contributed by atoms with Crippen LogP contribution in [0.1, 0.15) is 26.2 Å². The Morgan fingerprint density at radius 3 is 2.88 bits per heavy atom. The van der Waals surface area contributed by atoms with E-state index in [-0.39, 0.29) is 5.92 Å². The molecule has 0 N–H and O–H groups in total. The fourth-order valence-electron chi connectivity index (χ4n) is 2.42. The molecule has 0 bridgehead atoms. The molecule has 1 amide bonds. The van der Waals surface area contributed by atoms with Gasteiger partial charge < -0.3 is 9.64 Å². The van der Waals surface area contributed by atoms with Gasteiger partial charge in [-0.3, -0.25) is 4.79 Å². The average molecular weight is 290 g/mol. The molecule has 2 aliphatic rings. The number of hydrogen-bond acceptors (Lipinski definition) is 2. The number of halogens is 1. The molecule has 3 atom stereocenters. The van der Waals surface area contributed by atoms with E-state index in [0.29, 0.717) is 23.3 Å². The Labute approximate surface area is 106 Å². The van der Waals surface area contributed by atoms with E-state index >= 15 is 0 Å². The summed E-state index contributed by atoms with van der Waals surface area (Å²) in [7, 11) is 0. The second-order valence-electron chi connectivity index (χ2n) is 4.98. The molecule has 0 aromatic heterocycles. The van der Waals surface area contributed by atoms with Gasteiger partial charge in [0.2, 0.25) is 5.91 Å². The third-order valence-corrected chi connectivity index (χ3v) is 4.88. The summed E-state index contributed by atoms with van der Waals surface area (Å²) in [5, 5.41) is 0. The van der Waals surface area contributed by atoms with Crippen LogP contribution in [-0.2, 0) is 9.53 Å². The first-order valence-electron chi connectivity index (χ1n) is 6.19. The van der Waals surface area contributed by atoms with Crippen LogP contribution in [-0.4, -0.2) is 41.9 Å². The van der Waals surface area contributed by atoms with Gasteiger partial charge in [-0.25, -0.2) is 0 Å². The number of amides is 1. The Morgan fingerprint density at radius 2 is 2.25 bits per heavy atom. The molecule has 2 rings (SSSR count). The zero-order chi connectivity index (χ0) is 11.5. The summed E-state index contributed by atoms with van der Waals surface area (Å²) < 4.78 is 5.38. The first-order valence-corrected chi connectivity index (χ1v) is 7.10. The largest absolute Gasteiger partial charge is 0.381 e. The van der Waals surface area contributed by atoms with Gasteiger partial charge in [-0.1, -0.05) is 22.9 Å². The minimum Gasteiger partial charge on any atom is -0.381 e. The smallest absolute Gasteiger partial charge is 0.228 e. The van der Waals surface area contributed by atoms with Crippen molar-refractivity contribution < 1.29 is 9.53 Å². The third kappa shape index (κ3) is 2.77. The lowest BCUT2D eigenvalue weighted by atomic mass is 9.95. The molecule has 0 spiro atoms. The number of piperidine rings is 1. The van der Waals surface area contributed by atoms with Gasteiger partial charge in [0, 0.05) is 24.5 Å². The van der Waals surface area contributed by atoms with E-state index in [1.165, 1.54) is 0 Å². The predicted octanol–water partition coefficient (Wildman–Crippen LogP) is 2.04. The summed E-state index contributed by atoms with van der Waals surface area (Å²) in [6.07, 6.45) is 3.13. The second-order valence-corrected chi connectivity index (χ2v) is 6.16. The summed E-state index contributed by atoms with van der Waals surface area (Å²) in [6, 6.07) is 0. The van der Waals surface area contributed by atoms with Gasteiger partial charge in [-0.05, 0) is 25.2 Å². The van der Waals surface area contributed by atoms with Crippen molar-refractivity contribution in [3.05, 3.63) is 0 Å². The van der Waals surface area contributed by atoms with E-state index < -0.39 is 0 Å². The van der Waals surface area contributed by atoms with Crippen LogP contribution in [0, 0.1) is 11.8 Å². The van der Waals surface area contributed by atoms with Crippen LogP contribution in [0.3, 0.4) is 0 Å². The maximum absolute atomic E-state index is 12.2. The highest BCUT2D eigenvalue weighted by Crippen LogP contribution is 2.25. The van der Waals surface area contributed by atoms with Crippen molar-refractivity contribution in [3.63, 3.8) is 0 Å². The minimum absolute atomic E-state index is 0.113. The molecule has 2 aliphatic heterocycles. The van der Waals surface area contributed by atoms with Crippen molar-refractivity contribution in [1.29, 1.82) is 0 Å². The molecular formula is C12H20BrNO2. The molecule has 92 valence electrons. The van der Waals surface area contributed by atoms with E-state index in [1.54, 1.807) is 0 Å². The van der Waals surface area contributed by atoms with E-state index in [9.17, 15) is 4.79 Å². The van der Waals surface area contributed by atoms with Crippen LogP contribution in [0.25, 0.3) is 0 Å². The highest BCUT2D eigenvalue weighted by atomic mass is 79.9. The SMILES string of the molecule is CC1CCN(C(=O)C2CCCOC2)CC1Br. The number of likely N-dealkylation sites (tertiary alicyclic amines) is 1. The minimum atomic E-state index is 0.113. The molecule has 0 aliphatic carbocycles. The number of rotatable bonds is 1. The highest BCUT2D eigenvalue weighted by Gasteiger charge is 2.31. The van der Waals surface area contributed by atoms with Gasteiger partial charge >= 0.3 is 0 Å². The summed E-state index contributed by atoms with van der Waals surface area (Å²) in [5.74, 6) is 1.09. The Bertz CT molecular complexity index is 253. The third-order valence-electron chi connectivity index (χ3n) is 3.69. The molecule has 4 heteroatoms. The van der Waals surface area contributed by atoms with Crippen LogP contribution in [0.5, 0.6) is 0 Å². The summed E-state index contributed by atoms with van der Waals surface area (Å²) in [5.41, 5.74) is 0. The van der Waals surface area contributed by atoms with E-state index in [2.05, 4.69) is 22.9 Å². The molecule has 2 fully saturated rings. The van der Waals surface area contributed by atoms with Crippen molar-refractivity contribution in [2.75, 3.05) is 26.3 Å². The standard InChI is InChI=1S/C12H20BrNO2/c1-9-4-5-14(7-11(9)13)12(15)10-3-2-6-16-8-10/h9-11H,2-8H2,1H3. The molecule has 2 heterocycles. The Balaban J connectivity index is 1.89. The molecular weight excluding hydrogens is 270 g/mol. The topological polar surface area (TPSA) is 29.5 Å². The second kappa shape index (κ2) is 5.50. The average Bonchev–Trinajstić information content (AvgIpc) is 2.33. The molecule has 3 nitrogen and oxygen atoms in total. The number of alkyl halides is 1. The van der Waals surface area contributed by atoms with Gasteiger partial charge in [0.1, 0.15) is 0 Å². The van der Waals surface area contributed by atoms with Crippen molar-refractivity contribution in [1.82, 2.24) is 4.90 Å². The maximum Gasteiger partial charge on any atom is 0.228 e. The van der Waals surface area contributed by atoms with Gasteiger partial charge in [-0.15, -0.1) is 0 Å². The summed E-state index contributed by atoms with van der Waals surface area (Å²) in [6.45, 7) is 5.46. The number of carbonyl (C=O) groups is 1. The highest BCUT2D eigenvalue weighted by molar-refractivity contribution is 9.09. The van der Waals surface area contributed by atoms with Crippen molar-refractivity contribution in [2.45, 2.75) is 31.0 Å². The zero-order valence-electron chi connectivity index (χ0n) is 9.82. The number of nitrogens with zero attached hydrogens (tertiary/aromatic N) is 1. The first kappa shape index (κ1) is 12.4.